The summed E-state index contributed by atoms with van der Waals surface area (Å²) in [5.74, 6) is 0. The van der Waals surface area contributed by atoms with E-state index in [1.54, 1.807) is 23.5 Å². The first-order valence-electron chi connectivity index (χ1n) is 5.46. The van der Waals surface area contributed by atoms with Crippen LogP contribution < -0.4 is 5.32 Å². The van der Waals surface area contributed by atoms with Gasteiger partial charge < -0.3 is 5.32 Å². The first-order valence-corrected chi connectivity index (χ1v) is 7.13. The SMILES string of the molecule is FC(F)c1ccc(CNCc2sccc2Br)cc1. The second-order valence-corrected chi connectivity index (χ2v) is 5.69. The number of thiophene rings is 1. The summed E-state index contributed by atoms with van der Waals surface area (Å²) in [6.07, 6.45) is -2.39. The average Bonchev–Trinajstić information content (AvgIpc) is 2.76. The van der Waals surface area contributed by atoms with Gasteiger partial charge in [0.05, 0.1) is 0 Å². The molecule has 2 rings (SSSR count). The number of alkyl halides is 2. The Morgan fingerprint density at radius 1 is 1.11 bits per heavy atom. The van der Waals surface area contributed by atoms with Crippen molar-refractivity contribution in [2.24, 2.45) is 0 Å². The molecule has 0 spiro atoms. The van der Waals surface area contributed by atoms with Gasteiger partial charge in [-0.1, -0.05) is 24.3 Å². The van der Waals surface area contributed by atoms with Crippen LogP contribution in [0.5, 0.6) is 0 Å². The molecule has 0 amide bonds. The minimum atomic E-state index is -2.39. The van der Waals surface area contributed by atoms with Gasteiger partial charge in [-0.2, -0.15) is 0 Å². The number of hydrogen-bond acceptors (Lipinski definition) is 2. The zero-order valence-corrected chi connectivity index (χ0v) is 11.9. The number of halogens is 3. The molecule has 0 saturated carbocycles. The Hall–Kier alpha value is -0.780. The van der Waals surface area contributed by atoms with Crippen LogP contribution in [0.2, 0.25) is 0 Å². The molecule has 0 aliphatic carbocycles. The Bertz CT molecular complexity index is 496. The van der Waals surface area contributed by atoms with E-state index < -0.39 is 6.43 Å². The fourth-order valence-electron chi connectivity index (χ4n) is 1.55. The van der Waals surface area contributed by atoms with Crippen molar-refractivity contribution in [3.8, 4) is 0 Å². The van der Waals surface area contributed by atoms with Crippen LogP contribution in [-0.4, -0.2) is 0 Å². The Labute approximate surface area is 117 Å². The maximum absolute atomic E-state index is 12.4. The molecule has 0 saturated heterocycles. The molecule has 1 aromatic heterocycles. The molecule has 0 radical (unpaired) electrons. The van der Waals surface area contributed by atoms with E-state index in [1.165, 1.54) is 17.0 Å². The van der Waals surface area contributed by atoms with Crippen LogP contribution >= 0.6 is 27.3 Å². The summed E-state index contributed by atoms with van der Waals surface area (Å²) in [7, 11) is 0. The first-order chi connectivity index (χ1) is 8.66. The van der Waals surface area contributed by atoms with Crippen molar-refractivity contribution in [1.29, 1.82) is 0 Å². The Balaban J connectivity index is 1.85. The molecule has 0 bridgehead atoms. The van der Waals surface area contributed by atoms with Gasteiger partial charge in [-0.15, -0.1) is 11.3 Å². The Kier molecular flexibility index (Phi) is 4.86. The zero-order chi connectivity index (χ0) is 13.0. The van der Waals surface area contributed by atoms with Gasteiger partial charge >= 0.3 is 0 Å². The fraction of sp³-hybridized carbons (Fsp3) is 0.231. The van der Waals surface area contributed by atoms with Crippen molar-refractivity contribution in [2.75, 3.05) is 0 Å². The monoisotopic (exact) mass is 331 g/mol. The molecule has 2 aromatic rings. The van der Waals surface area contributed by atoms with Crippen LogP contribution in [0.4, 0.5) is 8.78 Å². The van der Waals surface area contributed by atoms with Crippen molar-refractivity contribution < 1.29 is 8.78 Å². The number of nitrogens with one attached hydrogen (secondary N) is 1. The second-order valence-electron chi connectivity index (χ2n) is 3.84. The molecule has 0 fully saturated rings. The van der Waals surface area contributed by atoms with E-state index in [2.05, 4.69) is 21.2 Å². The van der Waals surface area contributed by atoms with Gasteiger partial charge in [-0.25, -0.2) is 8.78 Å². The van der Waals surface area contributed by atoms with Gasteiger partial charge in [0.25, 0.3) is 6.43 Å². The molecule has 0 aliphatic rings. The standard InChI is InChI=1S/C13H12BrF2NS/c14-11-5-6-18-12(11)8-17-7-9-1-3-10(4-2-9)13(15)16/h1-6,13,17H,7-8H2. The van der Waals surface area contributed by atoms with E-state index in [1.807, 2.05) is 11.4 Å². The van der Waals surface area contributed by atoms with Crippen LogP contribution in [0, 0.1) is 0 Å². The molecule has 0 unspecified atom stereocenters. The zero-order valence-electron chi connectivity index (χ0n) is 9.50. The molecule has 5 heteroatoms. The van der Waals surface area contributed by atoms with Crippen LogP contribution in [-0.2, 0) is 13.1 Å². The predicted molar refractivity (Wildman–Crippen MR) is 74.0 cm³/mol. The maximum atomic E-state index is 12.4. The molecule has 0 aliphatic heterocycles. The van der Waals surface area contributed by atoms with Crippen LogP contribution in [0.1, 0.15) is 22.4 Å². The summed E-state index contributed by atoms with van der Waals surface area (Å²) in [6, 6.07) is 8.43. The van der Waals surface area contributed by atoms with Crippen molar-refractivity contribution in [2.45, 2.75) is 19.5 Å². The van der Waals surface area contributed by atoms with Crippen molar-refractivity contribution in [3.63, 3.8) is 0 Å². The van der Waals surface area contributed by atoms with Crippen LogP contribution in [0.15, 0.2) is 40.2 Å². The summed E-state index contributed by atoms with van der Waals surface area (Å²) < 4.78 is 25.8. The molecular formula is C13H12BrF2NS. The van der Waals surface area contributed by atoms with Crippen molar-refractivity contribution in [3.05, 3.63) is 56.2 Å². The predicted octanol–water partition coefficient (Wildman–Crippen LogP) is 4.74. The van der Waals surface area contributed by atoms with E-state index in [0.717, 1.165) is 16.6 Å². The molecular weight excluding hydrogens is 320 g/mol. The van der Waals surface area contributed by atoms with Crippen molar-refractivity contribution in [1.82, 2.24) is 5.32 Å². The highest BCUT2D eigenvalue weighted by Gasteiger charge is 2.06. The summed E-state index contributed by atoms with van der Waals surface area (Å²) in [6.45, 7) is 1.45. The third kappa shape index (κ3) is 3.60. The highest BCUT2D eigenvalue weighted by atomic mass is 79.9. The molecule has 1 heterocycles. The van der Waals surface area contributed by atoms with Gasteiger partial charge in [0, 0.05) is 28.0 Å². The lowest BCUT2D eigenvalue weighted by molar-refractivity contribution is 0.151. The number of benzene rings is 1. The third-order valence-corrected chi connectivity index (χ3v) is 4.46. The van der Waals surface area contributed by atoms with E-state index >= 15 is 0 Å². The number of hydrogen-bond donors (Lipinski definition) is 1. The smallest absolute Gasteiger partial charge is 0.263 e. The maximum Gasteiger partial charge on any atom is 0.263 e. The summed E-state index contributed by atoms with van der Waals surface area (Å²) in [5.41, 5.74) is 1.08. The Morgan fingerprint density at radius 3 is 2.39 bits per heavy atom. The largest absolute Gasteiger partial charge is 0.308 e. The summed E-state index contributed by atoms with van der Waals surface area (Å²) in [5, 5.41) is 5.31. The summed E-state index contributed by atoms with van der Waals surface area (Å²) >= 11 is 5.15. The average molecular weight is 332 g/mol. The lowest BCUT2D eigenvalue weighted by Gasteiger charge is -2.05. The normalized spacial score (nSPS) is 11.1. The third-order valence-electron chi connectivity index (χ3n) is 2.54. The van der Waals surface area contributed by atoms with Gasteiger partial charge in [0.2, 0.25) is 0 Å². The first kappa shape index (κ1) is 13.6. The minimum absolute atomic E-state index is 0.0692. The molecule has 1 aromatic carbocycles. The highest BCUT2D eigenvalue weighted by Crippen LogP contribution is 2.22. The molecule has 1 nitrogen and oxygen atoms in total. The van der Waals surface area contributed by atoms with Gasteiger partial charge in [0.1, 0.15) is 0 Å². The lowest BCUT2D eigenvalue weighted by atomic mass is 10.1. The molecule has 96 valence electrons. The molecule has 18 heavy (non-hydrogen) atoms. The number of rotatable bonds is 5. The second kappa shape index (κ2) is 6.41. The minimum Gasteiger partial charge on any atom is -0.308 e. The fourth-order valence-corrected chi connectivity index (χ4v) is 3.01. The van der Waals surface area contributed by atoms with Gasteiger partial charge in [-0.3, -0.25) is 0 Å². The lowest BCUT2D eigenvalue weighted by Crippen LogP contribution is -2.11. The van der Waals surface area contributed by atoms with Crippen LogP contribution in [0.25, 0.3) is 0 Å². The van der Waals surface area contributed by atoms with E-state index in [9.17, 15) is 8.78 Å². The Morgan fingerprint density at radius 2 is 1.83 bits per heavy atom. The topological polar surface area (TPSA) is 12.0 Å². The molecule has 0 atom stereocenters. The summed E-state index contributed by atoms with van der Waals surface area (Å²) in [4.78, 5) is 1.24. The van der Waals surface area contributed by atoms with Gasteiger partial charge in [-0.05, 0) is 32.9 Å². The van der Waals surface area contributed by atoms with E-state index in [-0.39, 0.29) is 5.56 Å². The van der Waals surface area contributed by atoms with Crippen molar-refractivity contribution >= 4 is 27.3 Å². The van der Waals surface area contributed by atoms with Crippen LogP contribution in [0.3, 0.4) is 0 Å². The molecule has 1 N–H and O–H groups in total. The highest BCUT2D eigenvalue weighted by molar-refractivity contribution is 9.10. The quantitative estimate of drug-likeness (QED) is 0.834. The van der Waals surface area contributed by atoms with E-state index in [0.29, 0.717) is 6.54 Å². The van der Waals surface area contributed by atoms with Gasteiger partial charge in [0.15, 0.2) is 0 Å². The van der Waals surface area contributed by atoms with E-state index in [4.69, 9.17) is 0 Å².